The van der Waals surface area contributed by atoms with Gasteiger partial charge in [-0.3, -0.25) is 0 Å². The zero-order chi connectivity index (χ0) is 14.8. The van der Waals surface area contributed by atoms with Gasteiger partial charge in [-0.15, -0.1) is 0 Å². The van der Waals surface area contributed by atoms with E-state index in [0.717, 1.165) is 0 Å². The molecule has 108 valence electrons. The summed E-state index contributed by atoms with van der Waals surface area (Å²) in [6.07, 6.45) is 1.17. The largest absolute Gasteiger partial charge is 0.496 e. The number of halogens is 2. The van der Waals surface area contributed by atoms with Crippen molar-refractivity contribution in [1.82, 2.24) is 5.32 Å². The SMILES string of the molecule is CNC(c1cc(Br)c(F)cc1OC)C(C)S(C)(=O)=O. The minimum atomic E-state index is -3.24. The fourth-order valence-electron chi connectivity index (χ4n) is 1.85. The Morgan fingerprint density at radius 2 is 2.00 bits per heavy atom. The van der Waals surface area contributed by atoms with Crippen molar-refractivity contribution in [3.8, 4) is 5.75 Å². The average molecular weight is 354 g/mol. The first kappa shape index (κ1) is 16.4. The van der Waals surface area contributed by atoms with Crippen molar-refractivity contribution in [2.24, 2.45) is 0 Å². The normalized spacial score (nSPS) is 15.1. The highest BCUT2D eigenvalue weighted by Crippen LogP contribution is 2.33. The van der Waals surface area contributed by atoms with E-state index in [9.17, 15) is 12.8 Å². The van der Waals surface area contributed by atoms with E-state index in [1.165, 1.54) is 25.5 Å². The molecule has 2 unspecified atom stereocenters. The molecule has 1 aromatic carbocycles. The first-order valence-corrected chi connectivity index (χ1v) is 8.36. The Kier molecular flexibility index (Phi) is 5.34. The van der Waals surface area contributed by atoms with Gasteiger partial charge in [0.15, 0.2) is 9.84 Å². The summed E-state index contributed by atoms with van der Waals surface area (Å²) in [5.74, 6) is -0.141. The molecule has 7 heteroatoms. The molecular weight excluding hydrogens is 337 g/mol. The van der Waals surface area contributed by atoms with Gasteiger partial charge in [0, 0.05) is 17.9 Å². The quantitative estimate of drug-likeness (QED) is 0.882. The van der Waals surface area contributed by atoms with Crippen LogP contribution in [-0.2, 0) is 9.84 Å². The Morgan fingerprint density at radius 3 is 2.42 bits per heavy atom. The van der Waals surface area contributed by atoms with Crippen molar-refractivity contribution in [3.05, 3.63) is 28.0 Å². The summed E-state index contributed by atoms with van der Waals surface area (Å²) in [5, 5.41) is 2.28. The van der Waals surface area contributed by atoms with Crippen LogP contribution in [0.2, 0.25) is 0 Å². The third-order valence-electron chi connectivity index (χ3n) is 3.06. The number of hydrogen-bond acceptors (Lipinski definition) is 4. The molecule has 0 bridgehead atoms. The van der Waals surface area contributed by atoms with Crippen molar-refractivity contribution >= 4 is 25.8 Å². The van der Waals surface area contributed by atoms with Crippen molar-refractivity contribution in [2.45, 2.75) is 18.2 Å². The molecule has 1 aromatic rings. The van der Waals surface area contributed by atoms with Gasteiger partial charge in [-0.2, -0.15) is 0 Å². The van der Waals surface area contributed by atoms with E-state index >= 15 is 0 Å². The maximum atomic E-state index is 13.5. The summed E-state index contributed by atoms with van der Waals surface area (Å²) in [7, 11) is -0.161. The highest BCUT2D eigenvalue weighted by atomic mass is 79.9. The van der Waals surface area contributed by atoms with Gasteiger partial charge in [0.05, 0.1) is 22.9 Å². The van der Waals surface area contributed by atoms with Crippen LogP contribution in [0.25, 0.3) is 0 Å². The van der Waals surface area contributed by atoms with Gasteiger partial charge in [-0.1, -0.05) is 0 Å². The Morgan fingerprint density at radius 1 is 1.42 bits per heavy atom. The number of sulfone groups is 1. The second kappa shape index (κ2) is 6.19. The smallest absolute Gasteiger partial charge is 0.151 e. The minimum Gasteiger partial charge on any atom is -0.496 e. The molecule has 0 aliphatic heterocycles. The van der Waals surface area contributed by atoms with Crippen LogP contribution in [0, 0.1) is 5.82 Å². The molecule has 0 aliphatic carbocycles. The molecule has 0 heterocycles. The Balaban J connectivity index is 3.37. The Labute approximate surface area is 121 Å². The molecule has 0 aliphatic rings. The highest BCUT2D eigenvalue weighted by Gasteiger charge is 2.29. The van der Waals surface area contributed by atoms with Crippen LogP contribution >= 0.6 is 15.9 Å². The zero-order valence-electron chi connectivity index (χ0n) is 11.2. The highest BCUT2D eigenvalue weighted by molar-refractivity contribution is 9.10. The van der Waals surface area contributed by atoms with Gasteiger partial charge < -0.3 is 10.1 Å². The van der Waals surface area contributed by atoms with E-state index in [1.54, 1.807) is 14.0 Å². The number of methoxy groups -OCH3 is 1. The predicted molar refractivity (Wildman–Crippen MR) is 76.8 cm³/mol. The van der Waals surface area contributed by atoms with Crippen LogP contribution in [0.5, 0.6) is 5.75 Å². The number of hydrogen-bond donors (Lipinski definition) is 1. The van der Waals surface area contributed by atoms with Crippen LogP contribution < -0.4 is 10.1 Å². The van der Waals surface area contributed by atoms with Gasteiger partial charge in [-0.25, -0.2) is 12.8 Å². The van der Waals surface area contributed by atoms with Crippen LogP contribution in [0.3, 0.4) is 0 Å². The summed E-state index contributed by atoms with van der Waals surface area (Å²) in [5.41, 5.74) is 0.594. The summed E-state index contributed by atoms with van der Waals surface area (Å²) < 4.78 is 42.3. The molecule has 0 spiro atoms. The number of nitrogens with one attached hydrogen (secondary N) is 1. The monoisotopic (exact) mass is 353 g/mol. The Bertz CT molecular complexity index is 562. The third-order valence-corrected chi connectivity index (χ3v) is 5.29. The topological polar surface area (TPSA) is 55.4 Å². The lowest BCUT2D eigenvalue weighted by Crippen LogP contribution is -2.33. The van der Waals surface area contributed by atoms with E-state index in [-0.39, 0.29) is 4.47 Å². The lowest BCUT2D eigenvalue weighted by atomic mass is 10.0. The van der Waals surface area contributed by atoms with Crippen molar-refractivity contribution in [3.63, 3.8) is 0 Å². The molecule has 0 aromatic heterocycles. The lowest BCUT2D eigenvalue weighted by molar-refractivity contribution is 0.396. The summed E-state index contributed by atoms with van der Waals surface area (Å²) in [4.78, 5) is 0. The summed E-state index contributed by atoms with van der Waals surface area (Å²) >= 11 is 3.10. The van der Waals surface area contributed by atoms with Crippen molar-refractivity contribution in [1.29, 1.82) is 0 Å². The second-order valence-electron chi connectivity index (χ2n) is 4.31. The first-order chi connectivity index (χ1) is 8.72. The predicted octanol–water partition coefficient (Wildman–Crippen LogP) is 2.29. The molecule has 4 nitrogen and oxygen atoms in total. The van der Waals surface area contributed by atoms with Gasteiger partial charge >= 0.3 is 0 Å². The maximum absolute atomic E-state index is 13.5. The van der Waals surface area contributed by atoms with E-state index in [2.05, 4.69) is 21.2 Å². The van der Waals surface area contributed by atoms with Crippen molar-refractivity contribution < 1.29 is 17.5 Å². The molecule has 0 saturated heterocycles. The number of rotatable bonds is 5. The standard InChI is InChI=1S/C12H17BrFNO3S/c1-7(19(4,16)17)12(15-2)8-5-9(13)10(14)6-11(8)18-3/h5-7,12,15H,1-4H3. The van der Waals surface area contributed by atoms with Crippen LogP contribution in [0.15, 0.2) is 16.6 Å². The van der Waals surface area contributed by atoms with Gasteiger partial charge in [0.2, 0.25) is 0 Å². The van der Waals surface area contributed by atoms with Gasteiger partial charge in [0.1, 0.15) is 11.6 Å². The maximum Gasteiger partial charge on any atom is 0.151 e. The summed E-state index contributed by atoms with van der Waals surface area (Å²) in [6.45, 7) is 1.60. The Hall–Kier alpha value is -0.660. The van der Waals surface area contributed by atoms with Gasteiger partial charge in [-0.05, 0) is 36.0 Å². The number of ether oxygens (including phenoxy) is 1. The molecule has 0 fully saturated rings. The molecule has 1 N–H and O–H groups in total. The van der Waals surface area contributed by atoms with Crippen LogP contribution in [-0.4, -0.2) is 34.1 Å². The molecule has 19 heavy (non-hydrogen) atoms. The second-order valence-corrected chi connectivity index (χ2v) is 7.57. The zero-order valence-corrected chi connectivity index (χ0v) is 13.6. The van der Waals surface area contributed by atoms with E-state index in [1.807, 2.05) is 0 Å². The average Bonchev–Trinajstić information content (AvgIpc) is 2.32. The molecule has 1 rings (SSSR count). The fourth-order valence-corrected chi connectivity index (χ4v) is 2.99. The third kappa shape index (κ3) is 3.67. The molecule has 2 atom stereocenters. The summed E-state index contributed by atoms with van der Waals surface area (Å²) in [6, 6.07) is 2.29. The van der Waals surface area contributed by atoms with Crippen LogP contribution in [0.4, 0.5) is 4.39 Å². The number of benzene rings is 1. The molecule has 0 saturated carbocycles. The lowest BCUT2D eigenvalue weighted by Gasteiger charge is -2.24. The van der Waals surface area contributed by atoms with Gasteiger partial charge in [0.25, 0.3) is 0 Å². The first-order valence-electron chi connectivity index (χ1n) is 5.61. The van der Waals surface area contributed by atoms with Crippen molar-refractivity contribution in [2.75, 3.05) is 20.4 Å². The van der Waals surface area contributed by atoms with Crippen LogP contribution in [0.1, 0.15) is 18.5 Å². The minimum absolute atomic E-state index is 0.268. The molecule has 0 radical (unpaired) electrons. The fraction of sp³-hybridized carbons (Fsp3) is 0.500. The van der Waals surface area contributed by atoms with E-state index in [4.69, 9.17) is 4.74 Å². The molecular formula is C12H17BrFNO3S. The molecule has 0 amide bonds. The van der Waals surface area contributed by atoms with E-state index in [0.29, 0.717) is 11.3 Å². The van der Waals surface area contributed by atoms with E-state index < -0.39 is 26.9 Å².